The van der Waals surface area contributed by atoms with E-state index in [0.29, 0.717) is 32.5 Å². The summed E-state index contributed by atoms with van der Waals surface area (Å²) in [6.45, 7) is 8.94. The van der Waals surface area contributed by atoms with Crippen LogP contribution in [0.4, 0.5) is 0 Å². The molecule has 194 valence electrons. The number of thioether (sulfide) groups is 1. The van der Waals surface area contributed by atoms with Gasteiger partial charge in [0.1, 0.15) is 6.04 Å². The molecule has 9 heteroatoms. The Labute approximate surface area is 225 Å². The average molecular weight is 577 g/mol. The van der Waals surface area contributed by atoms with Crippen molar-refractivity contribution in [1.82, 2.24) is 14.7 Å². The molecule has 1 N–H and O–H groups in total. The summed E-state index contributed by atoms with van der Waals surface area (Å²) < 4.78 is -0.700. The molecule has 0 aromatic heterocycles. The van der Waals surface area contributed by atoms with Crippen LogP contribution in [0.2, 0.25) is 0 Å². The van der Waals surface area contributed by atoms with Crippen LogP contribution in [-0.2, 0) is 20.9 Å². The van der Waals surface area contributed by atoms with Crippen LogP contribution in [0, 0.1) is 11.8 Å². The number of hydrogen-bond acceptors (Lipinski definition) is 5. The number of carbonyl (C=O) groups is 3. The van der Waals surface area contributed by atoms with Crippen molar-refractivity contribution < 1.29 is 19.5 Å². The van der Waals surface area contributed by atoms with Crippen molar-refractivity contribution in [1.29, 1.82) is 0 Å². The number of aliphatic hydroxyl groups excluding tert-OH is 1. The van der Waals surface area contributed by atoms with Gasteiger partial charge in [0.25, 0.3) is 0 Å². The third-order valence-electron chi connectivity index (χ3n) is 7.52. The van der Waals surface area contributed by atoms with E-state index in [2.05, 4.69) is 29.1 Å². The van der Waals surface area contributed by atoms with Gasteiger partial charge in [0.05, 0.1) is 16.6 Å². The first kappa shape index (κ1) is 26.9. The molecule has 3 amide bonds. The van der Waals surface area contributed by atoms with Gasteiger partial charge in [-0.25, -0.2) is 0 Å². The largest absolute Gasteiger partial charge is 0.396 e. The van der Waals surface area contributed by atoms with Gasteiger partial charge in [-0.05, 0) is 18.4 Å². The maximum atomic E-state index is 14.3. The van der Waals surface area contributed by atoms with Crippen LogP contribution in [0.5, 0.6) is 0 Å². The van der Waals surface area contributed by atoms with E-state index >= 15 is 0 Å². The Balaban J connectivity index is 1.73. The predicted molar refractivity (Wildman–Crippen MR) is 146 cm³/mol. The fourth-order valence-corrected chi connectivity index (χ4v) is 9.68. The average Bonchev–Trinajstić information content (AvgIpc) is 3.45. The van der Waals surface area contributed by atoms with Crippen LogP contribution in [0.25, 0.3) is 0 Å². The van der Waals surface area contributed by atoms with Crippen molar-refractivity contribution in [3.05, 3.63) is 61.2 Å². The zero-order valence-electron chi connectivity index (χ0n) is 20.6. The fraction of sp³-hybridized carbons (Fsp3) is 0.519. The summed E-state index contributed by atoms with van der Waals surface area (Å²) in [7, 11) is 1.73. The molecule has 4 rings (SSSR count). The first-order valence-corrected chi connectivity index (χ1v) is 14.1. The van der Waals surface area contributed by atoms with Gasteiger partial charge in [-0.15, -0.1) is 24.9 Å². The second kappa shape index (κ2) is 11.1. The SMILES string of the molecule is C=CCN(C)C(=O)[C@H]1[C@@H]2SC3(CC2Br)C(C(=O)N(CC=C)Cc2ccccc2)N(CCCO)C(=O)[C@H]13. The lowest BCUT2D eigenvalue weighted by Crippen LogP contribution is -2.55. The number of amides is 3. The van der Waals surface area contributed by atoms with Crippen LogP contribution < -0.4 is 0 Å². The maximum absolute atomic E-state index is 14.3. The van der Waals surface area contributed by atoms with Gasteiger partial charge >= 0.3 is 0 Å². The highest BCUT2D eigenvalue weighted by atomic mass is 79.9. The molecule has 36 heavy (non-hydrogen) atoms. The molecule has 0 saturated carbocycles. The minimum Gasteiger partial charge on any atom is -0.396 e. The lowest BCUT2D eigenvalue weighted by atomic mass is 9.70. The number of nitrogens with zero attached hydrogens (tertiary/aromatic N) is 3. The second-order valence-electron chi connectivity index (χ2n) is 9.77. The molecular formula is C27H34BrN3O4S. The molecule has 3 unspecified atom stereocenters. The maximum Gasteiger partial charge on any atom is 0.247 e. The van der Waals surface area contributed by atoms with E-state index < -0.39 is 22.6 Å². The minimum absolute atomic E-state index is 0.0210. The predicted octanol–water partition coefficient (Wildman–Crippen LogP) is 2.69. The smallest absolute Gasteiger partial charge is 0.247 e. The standard InChI is InChI=1S/C27H34BrN3O4S/c1-4-12-29(3)24(33)20-21-25(34)31(14-9-15-32)23(27(21)16-19(28)22(20)36-27)26(35)30(13-5-2)17-18-10-7-6-8-11-18/h4-8,10-11,19-23,32H,1-2,9,12-17H2,3H3/t19?,20-,21+,22-,23?,27?/m1/s1. The van der Waals surface area contributed by atoms with Crippen LogP contribution in [0.1, 0.15) is 18.4 Å². The van der Waals surface area contributed by atoms with Crippen LogP contribution in [0.15, 0.2) is 55.6 Å². The molecule has 3 saturated heterocycles. The van der Waals surface area contributed by atoms with Gasteiger partial charge in [-0.3, -0.25) is 14.4 Å². The van der Waals surface area contributed by atoms with E-state index in [9.17, 15) is 19.5 Å². The first-order chi connectivity index (χ1) is 17.3. The quantitative estimate of drug-likeness (QED) is 0.324. The number of alkyl halides is 1. The third-order valence-corrected chi connectivity index (χ3v) is 10.7. The molecule has 1 aromatic carbocycles. The molecule has 1 spiro atoms. The summed E-state index contributed by atoms with van der Waals surface area (Å²) in [6, 6.07) is 9.05. The zero-order valence-corrected chi connectivity index (χ0v) is 23.0. The number of rotatable bonds is 11. The number of carbonyl (C=O) groups excluding carboxylic acids is 3. The summed E-state index contributed by atoms with van der Waals surface area (Å²) in [4.78, 5) is 46.8. The molecule has 0 radical (unpaired) electrons. The Kier molecular flexibility index (Phi) is 8.32. The minimum atomic E-state index is -0.706. The highest BCUT2D eigenvalue weighted by Crippen LogP contribution is 2.68. The number of aliphatic hydroxyl groups is 1. The molecule has 6 atom stereocenters. The van der Waals surface area contributed by atoms with Gasteiger partial charge < -0.3 is 19.8 Å². The number of hydrogen-bond donors (Lipinski definition) is 1. The molecule has 7 nitrogen and oxygen atoms in total. The van der Waals surface area contributed by atoms with E-state index in [1.807, 2.05) is 30.3 Å². The van der Waals surface area contributed by atoms with Gasteiger partial charge in [-0.1, -0.05) is 58.4 Å². The molecular weight excluding hydrogens is 542 g/mol. The highest BCUT2D eigenvalue weighted by Gasteiger charge is 2.75. The monoisotopic (exact) mass is 575 g/mol. The molecule has 0 aliphatic carbocycles. The summed E-state index contributed by atoms with van der Waals surface area (Å²) in [5.41, 5.74) is 0.994. The third kappa shape index (κ3) is 4.54. The van der Waals surface area contributed by atoms with E-state index in [-0.39, 0.29) is 41.0 Å². The molecule has 1 aromatic rings. The topological polar surface area (TPSA) is 81.2 Å². The number of likely N-dealkylation sites (tertiary alicyclic amines) is 1. The molecule has 3 aliphatic rings. The fourth-order valence-electron chi connectivity index (χ4n) is 6.08. The summed E-state index contributed by atoms with van der Waals surface area (Å²) in [6.07, 6.45) is 4.38. The van der Waals surface area contributed by atoms with Crippen LogP contribution in [-0.4, -0.2) is 91.7 Å². The van der Waals surface area contributed by atoms with E-state index in [0.717, 1.165) is 5.56 Å². The number of likely N-dealkylation sites (N-methyl/N-ethyl adjacent to an activating group) is 1. The van der Waals surface area contributed by atoms with E-state index in [1.54, 1.807) is 45.7 Å². The highest BCUT2D eigenvalue weighted by molar-refractivity contribution is 9.09. The number of benzene rings is 1. The summed E-state index contributed by atoms with van der Waals surface area (Å²) >= 11 is 5.42. The molecule has 3 heterocycles. The number of fused-ring (bicyclic) bond motifs is 1. The van der Waals surface area contributed by atoms with Gasteiger partial charge in [0, 0.05) is 49.9 Å². The van der Waals surface area contributed by atoms with Crippen molar-refractivity contribution in [2.75, 3.05) is 33.3 Å². The van der Waals surface area contributed by atoms with Crippen molar-refractivity contribution in [3.8, 4) is 0 Å². The zero-order chi connectivity index (χ0) is 26.0. The van der Waals surface area contributed by atoms with E-state index in [1.165, 1.54) is 0 Å². The lowest BCUT2D eigenvalue weighted by Gasteiger charge is -2.38. The Morgan fingerprint density at radius 1 is 1.22 bits per heavy atom. The summed E-state index contributed by atoms with van der Waals surface area (Å²) in [5, 5.41) is 9.46. The molecule has 3 aliphatic heterocycles. The lowest BCUT2D eigenvalue weighted by molar-refractivity contribution is -0.144. The van der Waals surface area contributed by atoms with Gasteiger partial charge in [0.15, 0.2) is 0 Å². The molecule has 2 bridgehead atoms. The second-order valence-corrected chi connectivity index (χ2v) is 12.5. The van der Waals surface area contributed by atoms with Crippen molar-refractivity contribution in [2.45, 2.75) is 40.3 Å². The van der Waals surface area contributed by atoms with Crippen LogP contribution >= 0.6 is 27.7 Å². The first-order valence-electron chi connectivity index (χ1n) is 12.3. The normalized spacial score (nSPS) is 30.2. The molecule has 3 fully saturated rings. The van der Waals surface area contributed by atoms with Crippen molar-refractivity contribution >= 4 is 45.4 Å². The van der Waals surface area contributed by atoms with Crippen molar-refractivity contribution in [2.24, 2.45) is 11.8 Å². The van der Waals surface area contributed by atoms with Gasteiger partial charge in [-0.2, -0.15) is 0 Å². The van der Waals surface area contributed by atoms with E-state index in [4.69, 9.17) is 0 Å². The number of halogens is 1. The Bertz CT molecular complexity index is 1020. The Morgan fingerprint density at radius 2 is 1.92 bits per heavy atom. The van der Waals surface area contributed by atoms with Crippen LogP contribution in [0.3, 0.4) is 0 Å². The Hall–Kier alpha value is -2.10. The van der Waals surface area contributed by atoms with Gasteiger partial charge in [0.2, 0.25) is 17.7 Å². The summed E-state index contributed by atoms with van der Waals surface area (Å²) in [5.74, 6) is -1.45. The van der Waals surface area contributed by atoms with Crippen molar-refractivity contribution in [3.63, 3.8) is 0 Å². The Morgan fingerprint density at radius 3 is 2.56 bits per heavy atom.